The van der Waals surface area contributed by atoms with Gasteiger partial charge in [-0.2, -0.15) is 0 Å². The van der Waals surface area contributed by atoms with Gasteiger partial charge in [-0.15, -0.1) is 0 Å². The molecule has 0 aliphatic rings. The van der Waals surface area contributed by atoms with E-state index in [1.165, 1.54) is 13.2 Å². The Hall–Kier alpha value is -1.10. The van der Waals surface area contributed by atoms with Crippen molar-refractivity contribution >= 4 is 21.9 Å². The second-order valence-corrected chi connectivity index (χ2v) is 5.30. The zero-order valence-electron chi connectivity index (χ0n) is 10.1. The molecular formula is C12H14BrFO3. The summed E-state index contributed by atoms with van der Waals surface area (Å²) >= 11 is 3.13. The highest BCUT2D eigenvalue weighted by Crippen LogP contribution is 2.30. The predicted octanol–water partition coefficient (Wildman–Crippen LogP) is 3.55. The van der Waals surface area contributed by atoms with Crippen LogP contribution in [0.3, 0.4) is 0 Å². The van der Waals surface area contributed by atoms with Crippen molar-refractivity contribution in [2.45, 2.75) is 26.4 Å². The quantitative estimate of drug-likeness (QED) is 0.784. The fourth-order valence-electron chi connectivity index (χ4n) is 1.21. The normalized spacial score (nSPS) is 11.2. The van der Waals surface area contributed by atoms with E-state index in [9.17, 15) is 9.18 Å². The molecule has 0 atom stereocenters. The summed E-state index contributed by atoms with van der Waals surface area (Å²) in [5.41, 5.74) is -0.802. The number of carbonyl (C=O) groups is 1. The molecule has 0 aliphatic carbocycles. The van der Waals surface area contributed by atoms with Gasteiger partial charge in [0.15, 0.2) is 11.6 Å². The van der Waals surface area contributed by atoms with Crippen LogP contribution in [-0.4, -0.2) is 18.7 Å². The van der Waals surface area contributed by atoms with Gasteiger partial charge in [0.1, 0.15) is 5.60 Å². The van der Waals surface area contributed by atoms with Crippen molar-refractivity contribution in [2.75, 3.05) is 7.11 Å². The summed E-state index contributed by atoms with van der Waals surface area (Å²) in [7, 11) is 1.34. The first kappa shape index (κ1) is 14.0. The van der Waals surface area contributed by atoms with Gasteiger partial charge in [-0.3, -0.25) is 0 Å². The Morgan fingerprint density at radius 1 is 1.35 bits per heavy atom. The minimum absolute atomic E-state index is 0.00615. The van der Waals surface area contributed by atoms with E-state index in [0.717, 1.165) is 0 Å². The molecule has 0 unspecified atom stereocenters. The smallest absolute Gasteiger partial charge is 0.341 e. The van der Waals surface area contributed by atoms with Gasteiger partial charge in [-0.05, 0) is 48.8 Å². The van der Waals surface area contributed by atoms with Crippen LogP contribution in [0.4, 0.5) is 4.39 Å². The molecule has 0 radical (unpaired) electrons. The molecule has 0 spiro atoms. The summed E-state index contributed by atoms with van der Waals surface area (Å²) in [6.07, 6.45) is 0. The van der Waals surface area contributed by atoms with Gasteiger partial charge in [0, 0.05) is 0 Å². The van der Waals surface area contributed by atoms with Crippen molar-refractivity contribution in [1.82, 2.24) is 0 Å². The Labute approximate surface area is 108 Å². The molecule has 17 heavy (non-hydrogen) atoms. The SMILES string of the molecule is COc1c(Br)ccc(C(=O)OC(C)(C)C)c1F. The van der Waals surface area contributed by atoms with Gasteiger partial charge >= 0.3 is 5.97 Å². The molecule has 0 heterocycles. The number of hydrogen-bond donors (Lipinski definition) is 0. The highest BCUT2D eigenvalue weighted by Gasteiger charge is 2.23. The van der Waals surface area contributed by atoms with Gasteiger partial charge in [0.25, 0.3) is 0 Å². The van der Waals surface area contributed by atoms with E-state index in [1.54, 1.807) is 26.8 Å². The maximum absolute atomic E-state index is 13.9. The molecular weight excluding hydrogens is 291 g/mol. The molecule has 0 amide bonds. The zero-order valence-corrected chi connectivity index (χ0v) is 11.7. The third kappa shape index (κ3) is 3.43. The molecule has 0 fully saturated rings. The van der Waals surface area contributed by atoms with E-state index in [2.05, 4.69) is 15.9 Å². The number of halogens is 2. The summed E-state index contributed by atoms with van der Waals surface area (Å²) in [6.45, 7) is 5.16. The minimum atomic E-state index is -0.726. The summed E-state index contributed by atoms with van der Waals surface area (Å²) in [5, 5.41) is 0. The molecule has 1 aromatic carbocycles. The van der Waals surface area contributed by atoms with Crippen molar-refractivity contribution in [2.24, 2.45) is 0 Å². The van der Waals surface area contributed by atoms with E-state index >= 15 is 0 Å². The number of rotatable bonds is 2. The van der Waals surface area contributed by atoms with Crippen LogP contribution < -0.4 is 4.74 Å². The molecule has 94 valence electrons. The van der Waals surface area contributed by atoms with E-state index in [-0.39, 0.29) is 11.3 Å². The highest BCUT2D eigenvalue weighted by atomic mass is 79.9. The Morgan fingerprint density at radius 2 is 1.94 bits per heavy atom. The Balaban J connectivity index is 3.12. The van der Waals surface area contributed by atoms with Crippen molar-refractivity contribution in [3.05, 3.63) is 28.0 Å². The van der Waals surface area contributed by atoms with Gasteiger partial charge in [-0.1, -0.05) is 0 Å². The Bertz CT molecular complexity index is 438. The van der Waals surface area contributed by atoms with E-state index in [4.69, 9.17) is 9.47 Å². The number of esters is 1. The number of benzene rings is 1. The predicted molar refractivity (Wildman–Crippen MR) is 65.8 cm³/mol. The van der Waals surface area contributed by atoms with E-state index in [1.807, 2.05) is 0 Å². The molecule has 1 rings (SSSR count). The standard InChI is InChI=1S/C12H14BrFO3/c1-12(2,3)17-11(15)7-5-6-8(13)10(16-4)9(7)14/h5-6H,1-4H3. The second kappa shape index (κ2) is 5.04. The van der Waals surface area contributed by atoms with Crippen LogP contribution in [0.25, 0.3) is 0 Å². The number of methoxy groups -OCH3 is 1. The van der Waals surface area contributed by atoms with Gasteiger partial charge in [-0.25, -0.2) is 9.18 Å². The Kier molecular flexibility index (Phi) is 4.14. The van der Waals surface area contributed by atoms with Gasteiger partial charge < -0.3 is 9.47 Å². The Morgan fingerprint density at radius 3 is 2.41 bits per heavy atom. The van der Waals surface area contributed by atoms with E-state index < -0.39 is 17.4 Å². The van der Waals surface area contributed by atoms with Gasteiger partial charge in [0.05, 0.1) is 17.1 Å². The van der Waals surface area contributed by atoms with Crippen molar-refractivity contribution in [3.63, 3.8) is 0 Å². The molecule has 0 saturated heterocycles. The largest absolute Gasteiger partial charge is 0.492 e. The molecule has 0 bridgehead atoms. The molecule has 3 nitrogen and oxygen atoms in total. The number of carbonyl (C=O) groups excluding carboxylic acids is 1. The van der Waals surface area contributed by atoms with Gasteiger partial charge in [0.2, 0.25) is 0 Å². The summed E-state index contributed by atoms with van der Waals surface area (Å²) < 4.78 is 24.3. The fourth-order valence-corrected chi connectivity index (χ4v) is 1.68. The lowest BCUT2D eigenvalue weighted by molar-refractivity contribution is 0.00640. The topological polar surface area (TPSA) is 35.5 Å². The maximum Gasteiger partial charge on any atom is 0.341 e. The summed E-state index contributed by atoms with van der Waals surface area (Å²) in [5.74, 6) is -1.44. The van der Waals surface area contributed by atoms with Crippen LogP contribution >= 0.6 is 15.9 Å². The molecule has 5 heteroatoms. The first-order valence-corrected chi connectivity index (χ1v) is 5.81. The molecule has 1 aromatic rings. The zero-order chi connectivity index (χ0) is 13.2. The first-order chi connectivity index (χ1) is 7.76. The lowest BCUT2D eigenvalue weighted by atomic mass is 10.1. The highest BCUT2D eigenvalue weighted by molar-refractivity contribution is 9.10. The van der Waals surface area contributed by atoms with Crippen molar-refractivity contribution in [1.29, 1.82) is 0 Å². The molecule has 0 N–H and O–H groups in total. The van der Waals surface area contributed by atoms with E-state index in [0.29, 0.717) is 4.47 Å². The summed E-state index contributed by atoms with van der Waals surface area (Å²) in [4.78, 5) is 11.7. The van der Waals surface area contributed by atoms with Crippen molar-refractivity contribution in [3.8, 4) is 5.75 Å². The van der Waals surface area contributed by atoms with Crippen LogP contribution in [0.15, 0.2) is 16.6 Å². The lowest BCUT2D eigenvalue weighted by Crippen LogP contribution is -2.24. The average molecular weight is 305 g/mol. The maximum atomic E-state index is 13.9. The third-order valence-electron chi connectivity index (χ3n) is 1.87. The number of ether oxygens (including phenoxy) is 2. The molecule has 0 saturated carbocycles. The number of hydrogen-bond acceptors (Lipinski definition) is 3. The second-order valence-electron chi connectivity index (χ2n) is 4.44. The first-order valence-electron chi connectivity index (χ1n) is 5.01. The van der Waals surface area contributed by atoms with Crippen LogP contribution in [0, 0.1) is 5.82 Å². The monoisotopic (exact) mass is 304 g/mol. The lowest BCUT2D eigenvalue weighted by Gasteiger charge is -2.20. The summed E-state index contributed by atoms with van der Waals surface area (Å²) in [6, 6.07) is 2.90. The van der Waals surface area contributed by atoms with Crippen LogP contribution in [0.5, 0.6) is 5.75 Å². The van der Waals surface area contributed by atoms with Crippen LogP contribution in [0.1, 0.15) is 31.1 Å². The third-order valence-corrected chi connectivity index (χ3v) is 2.50. The molecule has 0 aromatic heterocycles. The van der Waals surface area contributed by atoms with Crippen molar-refractivity contribution < 1.29 is 18.7 Å². The minimum Gasteiger partial charge on any atom is -0.492 e. The average Bonchev–Trinajstić information content (AvgIpc) is 2.15. The fraction of sp³-hybridized carbons (Fsp3) is 0.417. The molecule has 0 aliphatic heterocycles. The van der Waals surface area contributed by atoms with Crippen LogP contribution in [-0.2, 0) is 4.74 Å². The van der Waals surface area contributed by atoms with Crippen LogP contribution in [0.2, 0.25) is 0 Å².